The van der Waals surface area contributed by atoms with Gasteiger partial charge in [-0.3, -0.25) is 4.79 Å². The van der Waals surface area contributed by atoms with Crippen molar-refractivity contribution in [3.8, 4) is 0 Å². The molecule has 0 heterocycles. The fraction of sp³-hybridized carbons (Fsp3) is 0.350. The molecule has 2 aromatic carbocycles. The third-order valence-electron chi connectivity index (χ3n) is 4.39. The molecule has 150 valence electrons. The van der Waals surface area contributed by atoms with Crippen LogP contribution in [0.3, 0.4) is 0 Å². The number of amides is 1. The lowest BCUT2D eigenvalue weighted by molar-refractivity contribution is 0.102. The second-order valence-corrected chi connectivity index (χ2v) is 6.62. The molecule has 0 radical (unpaired) electrons. The highest BCUT2D eigenvalue weighted by atomic mass is 35.5. The first kappa shape index (κ1) is 25.6. The Morgan fingerprint density at radius 2 is 1.85 bits per heavy atom. The largest absolute Gasteiger partial charge is 0.383 e. The number of anilines is 2. The summed E-state index contributed by atoms with van der Waals surface area (Å²) < 4.78 is 0. The topological polar surface area (TPSA) is 67.2 Å². The van der Waals surface area contributed by atoms with Crippen LogP contribution in [0.25, 0.3) is 0 Å². The summed E-state index contributed by atoms with van der Waals surface area (Å²) in [6.07, 6.45) is 0.886. The molecule has 0 saturated heterocycles. The number of rotatable bonds is 7. The van der Waals surface area contributed by atoms with Gasteiger partial charge in [0.2, 0.25) is 0 Å². The van der Waals surface area contributed by atoms with Crippen molar-refractivity contribution in [3.05, 3.63) is 58.7 Å². The summed E-state index contributed by atoms with van der Waals surface area (Å²) >= 11 is 4.21. The molecule has 0 aliphatic rings. The normalized spacial score (nSPS) is 11.0. The van der Waals surface area contributed by atoms with Crippen LogP contribution in [0.15, 0.2) is 36.4 Å². The molecular weight excluding hydrogens is 401 g/mol. The summed E-state index contributed by atoms with van der Waals surface area (Å²) in [7, 11) is 0. The number of benzene rings is 2. The molecule has 0 bridgehead atoms. The molecule has 0 aromatic heterocycles. The molecule has 4 N–H and O–H groups in total. The standard InChI is InChI=1S/C20H27N3OS.2ClH/c1-4-15-8-9-16(10-19(15)22-11-17(21)12-25)20(24)23-18-7-5-6-13(2)14(18)3;;/h5-10,17,22,25H,4,11-12,21H2,1-3H3,(H,23,24);2*1H/t17-;;/m1../s1. The first-order valence-electron chi connectivity index (χ1n) is 8.57. The van der Waals surface area contributed by atoms with Crippen LogP contribution >= 0.6 is 37.4 Å². The smallest absolute Gasteiger partial charge is 0.255 e. The van der Waals surface area contributed by atoms with E-state index in [4.69, 9.17) is 5.73 Å². The summed E-state index contributed by atoms with van der Waals surface area (Å²) in [4.78, 5) is 12.6. The molecule has 0 fully saturated rings. The molecule has 0 saturated carbocycles. The molecule has 0 aliphatic heterocycles. The van der Waals surface area contributed by atoms with Gasteiger partial charge in [0.1, 0.15) is 0 Å². The van der Waals surface area contributed by atoms with E-state index in [1.54, 1.807) is 0 Å². The van der Waals surface area contributed by atoms with Crippen LogP contribution in [0.1, 0.15) is 34.0 Å². The number of hydrogen-bond acceptors (Lipinski definition) is 4. The van der Waals surface area contributed by atoms with E-state index in [9.17, 15) is 4.79 Å². The summed E-state index contributed by atoms with van der Waals surface area (Å²) in [5.41, 5.74) is 11.7. The van der Waals surface area contributed by atoms with E-state index < -0.39 is 0 Å². The number of halogens is 2. The summed E-state index contributed by atoms with van der Waals surface area (Å²) in [6.45, 7) is 6.76. The van der Waals surface area contributed by atoms with Gasteiger partial charge >= 0.3 is 0 Å². The second kappa shape index (κ2) is 12.1. The molecule has 1 atom stereocenters. The van der Waals surface area contributed by atoms with Gasteiger partial charge in [0.05, 0.1) is 0 Å². The SMILES string of the molecule is CCc1ccc(C(=O)Nc2cccc(C)c2C)cc1NC[C@@H](N)CS.Cl.Cl. The molecule has 2 aromatic rings. The number of thiol groups is 1. The number of nitrogens with two attached hydrogens (primary N) is 1. The third-order valence-corrected chi connectivity index (χ3v) is 4.86. The van der Waals surface area contributed by atoms with Crippen LogP contribution in [0.2, 0.25) is 0 Å². The van der Waals surface area contributed by atoms with Gasteiger partial charge in [-0.15, -0.1) is 24.8 Å². The van der Waals surface area contributed by atoms with Crippen molar-refractivity contribution in [2.75, 3.05) is 22.9 Å². The Morgan fingerprint density at radius 1 is 1.15 bits per heavy atom. The van der Waals surface area contributed by atoms with E-state index in [1.807, 2.05) is 50.2 Å². The lowest BCUT2D eigenvalue weighted by atomic mass is 10.0. The second-order valence-electron chi connectivity index (χ2n) is 6.25. The summed E-state index contributed by atoms with van der Waals surface area (Å²) in [5.74, 6) is 0.499. The Hall–Kier alpha value is -1.40. The summed E-state index contributed by atoms with van der Waals surface area (Å²) in [6, 6.07) is 11.6. The average molecular weight is 430 g/mol. The molecule has 7 heteroatoms. The predicted molar refractivity (Wildman–Crippen MR) is 125 cm³/mol. The maximum absolute atomic E-state index is 12.6. The minimum absolute atomic E-state index is 0. The van der Waals surface area contributed by atoms with Gasteiger partial charge in [-0.25, -0.2) is 0 Å². The lowest BCUT2D eigenvalue weighted by Gasteiger charge is -2.16. The molecule has 0 unspecified atom stereocenters. The highest BCUT2D eigenvalue weighted by Crippen LogP contribution is 2.22. The number of nitrogens with one attached hydrogen (secondary N) is 2. The minimum atomic E-state index is -0.113. The maximum atomic E-state index is 12.6. The first-order chi connectivity index (χ1) is 12.0. The van der Waals surface area contributed by atoms with E-state index in [-0.39, 0.29) is 36.8 Å². The Morgan fingerprint density at radius 3 is 2.48 bits per heavy atom. The van der Waals surface area contributed by atoms with Crippen molar-refractivity contribution in [2.45, 2.75) is 33.2 Å². The van der Waals surface area contributed by atoms with Crippen LogP contribution in [0.5, 0.6) is 0 Å². The fourth-order valence-corrected chi connectivity index (χ4v) is 2.71. The number of hydrogen-bond donors (Lipinski definition) is 4. The van der Waals surface area contributed by atoms with Crippen molar-refractivity contribution in [1.29, 1.82) is 0 Å². The zero-order valence-corrected chi connectivity index (χ0v) is 18.4. The maximum Gasteiger partial charge on any atom is 0.255 e. The first-order valence-corrected chi connectivity index (χ1v) is 9.20. The molecule has 4 nitrogen and oxygen atoms in total. The van der Waals surface area contributed by atoms with Gasteiger partial charge in [-0.1, -0.05) is 25.1 Å². The van der Waals surface area contributed by atoms with Gasteiger partial charge < -0.3 is 16.4 Å². The molecule has 2 rings (SSSR count). The average Bonchev–Trinajstić information content (AvgIpc) is 2.63. The third kappa shape index (κ3) is 6.92. The molecule has 1 amide bonds. The Kier molecular flexibility index (Phi) is 11.5. The van der Waals surface area contributed by atoms with Crippen LogP contribution in [0, 0.1) is 13.8 Å². The monoisotopic (exact) mass is 429 g/mol. The minimum Gasteiger partial charge on any atom is -0.383 e. The molecule has 0 aliphatic carbocycles. The van der Waals surface area contributed by atoms with E-state index in [0.717, 1.165) is 34.5 Å². The van der Waals surface area contributed by atoms with E-state index >= 15 is 0 Å². The van der Waals surface area contributed by atoms with Gasteiger partial charge in [-0.2, -0.15) is 12.6 Å². The van der Waals surface area contributed by atoms with Crippen LogP contribution in [0.4, 0.5) is 11.4 Å². The zero-order chi connectivity index (χ0) is 18.4. The van der Waals surface area contributed by atoms with E-state index in [1.165, 1.54) is 0 Å². The highest BCUT2D eigenvalue weighted by Gasteiger charge is 2.12. The van der Waals surface area contributed by atoms with Crippen molar-refractivity contribution < 1.29 is 4.79 Å². The zero-order valence-electron chi connectivity index (χ0n) is 15.9. The van der Waals surface area contributed by atoms with Crippen molar-refractivity contribution in [3.63, 3.8) is 0 Å². The van der Waals surface area contributed by atoms with Crippen molar-refractivity contribution in [1.82, 2.24) is 0 Å². The van der Waals surface area contributed by atoms with Crippen molar-refractivity contribution >= 4 is 54.7 Å². The summed E-state index contributed by atoms with van der Waals surface area (Å²) in [5, 5.41) is 6.35. The van der Waals surface area contributed by atoms with Gasteiger partial charge in [-0.05, 0) is 55.2 Å². The van der Waals surface area contributed by atoms with Crippen LogP contribution < -0.4 is 16.4 Å². The van der Waals surface area contributed by atoms with Gasteiger partial charge in [0, 0.05) is 35.3 Å². The number of aryl methyl sites for hydroxylation is 2. The lowest BCUT2D eigenvalue weighted by Crippen LogP contribution is -2.31. The predicted octanol–water partition coefficient (Wildman–Crippen LogP) is 4.63. The van der Waals surface area contributed by atoms with E-state index in [2.05, 4.69) is 30.2 Å². The number of carbonyl (C=O) groups excluding carboxylic acids is 1. The van der Waals surface area contributed by atoms with E-state index in [0.29, 0.717) is 17.9 Å². The number of carbonyl (C=O) groups is 1. The molecule has 27 heavy (non-hydrogen) atoms. The molecular formula is C20H29Cl2N3OS. The van der Waals surface area contributed by atoms with Crippen LogP contribution in [-0.4, -0.2) is 24.2 Å². The van der Waals surface area contributed by atoms with Crippen LogP contribution in [-0.2, 0) is 6.42 Å². The van der Waals surface area contributed by atoms with Gasteiger partial charge in [0.25, 0.3) is 5.91 Å². The van der Waals surface area contributed by atoms with Gasteiger partial charge in [0.15, 0.2) is 0 Å². The fourth-order valence-electron chi connectivity index (χ4n) is 2.58. The highest BCUT2D eigenvalue weighted by molar-refractivity contribution is 7.80. The Balaban J connectivity index is 0.00000338. The quantitative estimate of drug-likeness (QED) is 0.484. The molecule has 0 spiro atoms. The Bertz CT molecular complexity index is 756. The van der Waals surface area contributed by atoms with Crippen molar-refractivity contribution in [2.24, 2.45) is 5.73 Å². The Labute approximate surface area is 179 Å².